The molecule has 1 atom stereocenters. The first-order valence-electron chi connectivity index (χ1n) is 7.12. The van der Waals surface area contributed by atoms with Gasteiger partial charge in [-0.2, -0.15) is 0 Å². The summed E-state index contributed by atoms with van der Waals surface area (Å²) in [6, 6.07) is 4.59. The van der Waals surface area contributed by atoms with Gasteiger partial charge in [-0.05, 0) is 24.6 Å². The summed E-state index contributed by atoms with van der Waals surface area (Å²) in [4.78, 5) is 25.8. The van der Waals surface area contributed by atoms with Gasteiger partial charge in [0.05, 0.1) is 18.2 Å². The van der Waals surface area contributed by atoms with Crippen molar-refractivity contribution in [2.24, 2.45) is 0 Å². The second kappa shape index (κ2) is 7.23. The number of hydrogen-bond donors (Lipinski definition) is 1. The number of carbonyl (C=O) groups is 2. The number of urea groups is 1. The minimum atomic E-state index is -0.686. The number of benzene rings is 1. The molecular weight excluding hydrogens is 303 g/mol. The smallest absolute Gasteiger partial charge is 0.338 e. The second-order valence-electron chi connectivity index (χ2n) is 5.12. The fourth-order valence-corrected chi connectivity index (χ4v) is 2.30. The third kappa shape index (κ3) is 3.68. The molecule has 2 rings (SSSR count). The van der Waals surface area contributed by atoms with E-state index in [2.05, 4.69) is 5.32 Å². The van der Waals surface area contributed by atoms with Gasteiger partial charge in [-0.15, -0.1) is 0 Å². The quantitative estimate of drug-likeness (QED) is 0.665. The van der Waals surface area contributed by atoms with E-state index in [1.807, 2.05) is 0 Å². The Kier molecular flexibility index (Phi) is 5.33. The van der Waals surface area contributed by atoms with E-state index in [1.54, 1.807) is 14.0 Å². The Labute approximate surface area is 133 Å². The maximum Gasteiger partial charge on any atom is 0.338 e. The fourth-order valence-electron chi connectivity index (χ4n) is 2.30. The zero-order valence-corrected chi connectivity index (χ0v) is 13.3. The highest BCUT2D eigenvalue weighted by molar-refractivity contribution is 5.94. The first-order valence-corrected chi connectivity index (χ1v) is 7.12. The Hall–Kier alpha value is -2.41. The molecule has 0 radical (unpaired) electrons. The van der Waals surface area contributed by atoms with Crippen LogP contribution in [0.2, 0.25) is 0 Å². The van der Waals surface area contributed by atoms with E-state index in [1.165, 1.54) is 36.3 Å². The zero-order valence-electron chi connectivity index (χ0n) is 13.3. The van der Waals surface area contributed by atoms with Crippen LogP contribution in [0.5, 0.6) is 0 Å². The van der Waals surface area contributed by atoms with Gasteiger partial charge in [0.15, 0.2) is 0 Å². The predicted molar refractivity (Wildman–Crippen MR) is 81.0 cm³/mol. The second-order valence-corrected chi connectivity index (χ2v) is 5.12. The molecule has 7 heteroatoms. The molecule has 1 N–H and O–H groups in total. The molecule has 1 aliphatic rings. The number of ether oxygens (including phenoxy) is 2. The monoisotopic (exact) mass is 322 g/mol. The highest BCUT2D eigenvalue weighted by Crippen LogP contribution is 2.30. The van der Waals surface area contributed by atoms with Crippen molar-refractivity contribution in [1.29, 1.82) is 0 Å². The molecule has 2 amide bonds. The topological polar surface area (TPSA) is 67.9 Å². The van der Waals surface area contributed by atoms with E-state index in [0.717, 1.165) is 0 Å². The lowest BCUT2D eigenvalue weighted by Crippen LogP contribution is -2.46. The van der Waals surface area contributed by atoms with E-state index >= 15 is 0 Å². The van der Waals surface area contributed by atoms with E-state index in [4.69, 9.17) is 9.47 Å². The Morgan fingerprint density at radius 2 is 1.96 bits per heavy atom. The van der Waals surface area contributed by atoms with Gasteiger partial charge in [0.2, 0.25) is 0 Å². The first-order chi connectivity index (χ1) is 11.0. The number of carbonyl (C=O) groups excluding carboxylic acids is 2. The minimum Gasteiger partial charge on any atom is -0.460 e. The number of esters is 1. The molecule has 1 aliphatic heterocycles. The lowest BCUT2D eigenvalue weighted by atomic mass is 9.95. The van der Waals surface area contributed by atoms with Crippen molar-refractivity contribution in [1.82, 2.24) is 10.2 Å². The lowest BCUT2D eigenvalue weighted by Gasteiger charge is -2.33. The van der Waals surface area contributed by atoms with Gasteiger partial charge in [-0.1, -0.05) is 12.1 Å². The number of amides is 2. The van der Waals surface area contributed by atoms with Gasteiger partial charge >= 0.3 is 12.0 Å². The molecule has 0 bridgehead atoms. The standard InChI is InChI=1S/C16H19FN2O4/c1-10-13(15(20)23-9-8-22-3)14(18-16(21)19(10)2)11-4-6-12(17)7-5-11/h4-7,14H,8-9H2,1-3H3,(H,18,21)/t14-/m0/s1. The summed E-state index contributed by atoms with van der Waals surface area (Å²) < 4.78 is 23.1. The number of nitrogens with one attached hydrogen (secondary N) is 1. The summed E-state index contributed by atoms with van der Waals surface area (Å²) in [7, 11) is 3.07. The van der Waals surface area contributed by atoms with Crippen molar-refractivity contribution in [2.45, 2.75) is 13.0 Å². The minimum absolute atomic E-state index is 0.111. The summed E-state index contributed by atoms with van der Waals surface area (Å²) in [5.74, 6) is -0.932. The van der Waals surface area contributed by atoms with Crippen molar-refractivity contribution in [3.8, 4) is 0 Å². The number of allylic oxidation sites excluding steroid dienone is 1. The number of halogens is 1. The number of methoxy groups -OCH3 is 1. The van der Waals surface area contributed by atoms with Crippen LogP contribution in [0.15, 0.2) is 35.5 Å². The highest BCUT2D eigenvalue weighted by atomic mass is 19.1. The zero-order chi connectivity index (χ0) is 17.0. The van der Waals surface area contributed by atoms with Gasteiger partial charge in [0.25, 0.3) is 0 Å². The molecule has 0 spiro atoms. The molecule has 6 nitrogen and oxygen atoms in total. The third-order valence-electron chi connectivity index (χ3n) is 3.70. The Morgan fingerprint density at radius 3 is 2.57 bits per heavy atom. The Balaban J connectivity index is 2.35. The molecule has 124 valence electrons. The van der Waals surface area contributed by atoms with Gasteiger partial charge in [-0.3, -0.25) is 0 Å². The van der Waals surface area contributed by atoms with Crippen LogP contribution in [0.3, 0.4) is 0 Å². The summed E-state index contributed by atoms with van der Waals surface area (Å²) in [6.45, 7) is 2.06. The highest BCUT2D eigenvalue weighted by Gasteiger charge is 2.34. The molecule has 0 fully saturated rings. The van der Waals surface area contributed by atoms with Crippen LogP contribution in [0.1, 0.15) is 18.5 Å². The Bertz CT molecular complexity index is 627. The van der Waals surface area contributed by atoms with E-state index < -0.39 is 17.8 Å². The van der Waals surface area contributed by atoms with Crippen molar-refractivity contribution in [3.05, 3.63) is 46.9 Å². The molecule has 1 aromatic carbocycles. The molecule has 23 heavy (non-hydrogen) atoms. The molecule has 0 aliphatic carbocycles. The Morgan fingerprint density at radius 1 is 1.30 bits per heavy atom. The van der Waals surface area contributed by atoms with Crippen LogP contribution in [0, 0.1) is 5.82 Å². The van der Waals surface area contributed by atoms with Crippen molar-refractivity contribution >= 4 is 12.0 Å². The molecule has 0 saturated carbocycles. The van der Waals surface area contributed by atoms with E-state index in [9.17, 15) is 14.0 Å². The maximum absolute atomic E-state index is 13.1. The average molecular weight is 322 g/mol. The van der Waals surface area contributed by atoms with Crippen LogP contribution in [-0.4, -0.2) is 44.3 Å². The molecule has 0 unspecified atom stereocenters. The normalized spacial score (nSPS) is 18.0. The van der Waals surface area contributed by atoms with E-state index in [0.29, 0.717) is 16.8 Å². The lowest BCUT2D eigenvalue weighted by molar-refractivity contribution is -0.140. The molecular formula is C16H19FN2O4. The first kappa shape index (κ1) is 17.0. The number of nitrogens with zero attached hydrogens (tertiary/aromatic N) is 1. The fraction of sp³-hybridized carbons (Fsp3) is 0.375. The summed E-state index contributed by atoms with van der Waals surface area (Å²) in [6.07, 6.45) is 0. The van der Waals surface area contributed by atoms with Crippen LogP contribution >= 0.6 is 0 Å². The van der Waals surface area contributed by atoms with Crippen LogP contribution in [0.25, 0.3) is 0 Å². The largest absolute Gasteiger partial charge is 0.460 e. The SMILES string of the molecule is COCCOC(=O)C1=C(C)N(C)C(=O)N[C@H]1c1ccc(F)cc1. The molecule has 0 saturated heterocycles. The summed E-state index contributed by atoms with van der Waals surface area (Å²) in [5, 5.41) is 2.73. The van der Waals surface area contributed by atoms with Crippen LogP contribution in [0.4, 0.5) is 9.18 Å². The summed E-state index contributed by atoms with van der Waals surface area (Å²) >= 11 is 0. The maximum atomic E-state index is 13.1. The van der Waals surface area contributed by atoms with Crippen molar-refractivity contribution < 1.29 is 23.5 Å². The predicted octanol–water partition coefficient (Wildman–Crippen LogP) is 1.99. The van der Waals surface area contributed by atoms with Gasteiger partial charge in [0, 0.05) is 19.9 Å². The third-order valence-corrected chi connectivity index (χ3v) is 3.70. The van der Waals surface area contributed by atoms with Crippen LogP contribution in [-0.2, 0) is 14.3 Å². The molecule has 1 aromatic rings. The van der Waals surface area contributed by atoms with Gasteiger partial charge in [-0.25, -0.2) is 14.0 Å². The van der Waals surface area contributed by atoms with E-state index in [-0.39, 0.29) is 19.2 Å². The molecule has 1 heterocycles. The van der Waals surface area contributed by atoms with Crippen molar-refractivity contribution in [2.75, 3.05) is 27.4 Å². The summed E-state index contributed by atoms with van der Waals surface area (Å²) in [5.41, 5.74) is 1.41. The number of hydrogen-bond acceptors (Lipinski definition) is 4. The van der Waals surface area contributed by atoms with Crippen LogP contribution < -0.4 is 5.32 Å². The molecule has 0 aromatic heterocycles. The number of rotatable bonds is 5. The van der Waals surface area contributed by atoms with Gasteiger partial charge < -0.3 is 19.7 Å². The van der Waals surface area contributed by atoms with Crippen molar-refractivity contribution in [3.63, 3.8) is 0 Å². The average Bonchev–Trinajstić information content (AvgIpc) is 2.53. The van der Waals surface area contributed by atoms with Gasteiger partial charge in [0.1, 0.15) is 12.4 Å².